The molecule has 0 aromatic heterocycles. The Balaban J connectivity index is 0.000000845. The summed E-state index contributed by atoms with van der Waals surface area (Å²) in [6.07, 6.45) is 2.33. The first-order chi connectivity index (χ1) is 5.92. The zero-order chi connectivity index (χ0) is 8.39. The topological polar surface area (TPSA) is 21.3 Å². The lowest BCUT2D eigenvalue weighted by Gasteiger charge is -2.19. The lowest BCUT2D eigenvalue weighted by molar-refractivity contribution is 0.409. The van der Waals surface area contributed by atoms with E-state index in [2.05, 4.69) is 11.4 Å². The molecule has 0 fully saturated rings. The minimum atomic E-state index is 0. The summed E-state index contributed by atoms with van der Waals surface area (Å²) >= 11 is 0. The van der Waals surface area contributed by atoms with Crippen LogP contribution in [0.15, 0.2) is 18.2 Å². The zero-order valence-electron chi connectivity index (χ0n) is 8.08. The normalized spacial score (nSPS) is 12.6. The van der Waals surface area contributed by atoms with Gasteiger partial charge in [-0.2, -0.15) is 0 Å². The first kappa shape index (κ1) is 13.4. The van der Waals surface area contributed by atoms with Crippen molar-refractivity contribution in [3.63, 3.8) is 0 Å². The maximum absolute atomic E-state index is 5.27. The number of anilines is 1. The number of ether oxygens (including phenoxy) is 1. The average Bonchev–Trinajstić information content (AvgIpc) is 2.17. The third kappa shape index (κ3) is 2.46. The van der Waals surface area contributed by atoms with E-state index in [4.69, 9.17) is 4.74 Å². The molecule has 0 radical (unpaired) electrons. The van der Waals surface area contributed by atoms with Crippen molar-refractivity contribution in [2.75, 3.05) is 19.0 Å². The van der Waals surface area contributed by atoms with Gasteiger partial charge in [-0.3, -0.25) is 0 Å². The van der Waals surface area contributed by atoms with E-state index in [1.54, 1.807) is 7.11 Å². The molecule has 0 spiro atoms. The molecule has 1 aliphatic rings. The maximum Gasteiger partial charge on any atom is 0.124 e. The standard InChI is InChI=1S/C10H13NO.2ClH/c1-12-10-6-2-5-9-8(10)4-3-7-11-9;;/h2,5-6,11H,3-4,7H2,1H3;2*1H. The summed E-state index contributed by atoms with van der Waals surface area (Å²) in [5.41, 5.74) is 2.56. The molecule has 0 unspecified atom stereocenters. The van der Waals surface area contributed by atoms with Gasteiger partial charge in [-0.25, -0.2) is 0 Å². The van der Waals surface area contributed by atoms with Crippen molar-refractivity contribution in [1.82, 2.24) is 0 Å². The van der Waals surface area contributed by atoms with Crippen LogP contribution < -0.4 is 10.1 Å². The van der Waals surface area contributed by atoms with E-state index in [-0.39, 0.29) is 24.8 Å². The number of benzene rings is 1. The molecule has 0 saturated heterocycles. The molecule has 1 aromatic carbocycles. The van der Waals surface area contributed by atoms with Crippen LogP contribution in [0.2, 0.25) is 0 Å². The van der Waals surface area contributed by atoms with Gasteiger partial charge in [0.15, 0.2) is 0 Å². The van der Waals surface area contributed by atoms with Gasteiger partial charge in [0.2, 0.25) is 0 Å². The van der Waals surface area contributed by atoms with Gasteiger partial charge in [0.1, 0.15) is 5.75 Å². The first-order valence-electron chi connectivity index (χ1n) is 4.31. The van der Waals surface area contributed by atoms with Gasteiger partial charge in [0.25, 0.3) is 0 Å². The molecule has 1 heterocycles. The Morgan fingerprint density at radius 2 is 2.07 bits per heavy atom. The van der Waals surface area contributed by atoms with Crippen LogP contribution in [0.3, 0.4) is 0 Å². The second-order valence-electron chi connectivity index (χ2n) is 3.02. The summed E-state index contributed by atoms with van der Waals surface area (Å²) in [7, 11) is 1.73. The summed E-state index contributed by atoms with van der Waals surface area (Å²) in [5, 5.41) is 3.36. The molecule has 2 rings (SSSR count). The van der Waals surface area contributed by atoms with Crippen LogP contribution in [0.4, 0.5) is 5.69 Å². The van der Waals surface area contributed by atoms with Crippen molar-refractivity contribution in [3.8, 4) is 5.75 Å². The Kier molecular flexibility index (Phi) is 5.73. The van der Waals surface area contributed by atoms with E-state index in [9.17, 15) is 0 Å². The smallest absolute Gasteiger partial charge is 0.124 e. The van der Waals surface area contributed by atoms with Crippen LogP contribution in [-0.4, -0.2) is 13.7 Å². The van der Waals surface area contributed by atoms with Crippen molar-refractivity contribution >= 4 is 30.5 Å². The molecule has 1 aromatic rings. The molecule has 4 heteroatoms. The predicted octanol–water partition coefficient (Wildman–Crippen LogP) is 2.90. The van der Waals surface area contributed by atoms with Crippen molar-refractivity contribution < 1.29 is 4.74 Å². The van der Waals surface area contributed by atoms with E-state index in [1.807, 2.05) is 12.1 Å². The summed E-state index contributed by atoms with van der Waals surface area (Å²) in [6, 6.07) is 6.15. The van der Waals surface area contributed by atoms with E-state index in [0.717, 1.165) is 18.7 Å². The lowest BCUT2D eigenvalue weighted by atomic mass is 10.0. The number of hydrogen-bond donors (Lipinski definition) is 1. The number of hydrogen-bond acceptors (Lipinski definition) is 2. The maximum atomic E-state index is 5.27. The highest BCUT2D eigenvalue weighted by atomic mass is 35.5. The van der Waals surface area contributed by atoms with Crippen LogP contribution in [0.25, 0.3) is 0 Å². The lowest BCUT2D eigenvalue weighted by Crippen LogP contribution is -2.12. The van der Waals surface area contributed by atoms with E-state index in [0.29, 0.717) is 0 Å². The molecule has 0 aliphatic carbocycles. The molecular weight excluding hydrogens is 221 g/mol. The molecule has 0 amide bonds. The van der Waals surface area contributed by atoms with Gasteiger partial charge >= 0.3 is 0 Å². The number of nitrogens with one attached hydrogen (secondary N) is 1. The molecule has 14 heavy (non-hydrogen) atoms. The summed E-state index contributed by atoms with van der Waals surface area (Å²) in [4.78, 5) is 0. The van der Waals surface area contributed by atoms with Gasteiger partial charge in [0.05, 0.1) is 7.11 Å². The third-order valence-corrected chi connectivity index (χ3v) is 2.27. The second-order valence-corrected chi connectivity index (χ2v) is 3.02. The minimum absolute atomic E-state index is 0. The first-order valence-corrected chi connectivity index (χ1v) is 4.31. The van der Waals surface area contributed by atoms with E-state index in [1.165, 1.54) is 17.7 Å². The van der Waals surface area contributed by atoms with Crippen LogP contribution in [0, 0.1) is 0 Å². The monoisotopic (exact) mass is 235 g/mol. The number of rotatable bonds is 1. The predicted molar refractivity (Wildman–Crippen MR) is 64.3 cm³/mol. The quantitative estimate of drug-likeness (QED) is 0.809. The van der Waals surface area contributed by atoms with Gasteiger partial charge in [-0.05, 0) is 25.0 Å². The minimum Gasteiger partial charge on any atom is -0.496 e. The Hall–Kier alpha value is -0.600. The Labute approximate surface area is 96.9 Å². The van der Waals surface area contributed by atoms with E-state index >= 15 is 0 Å². The summed E-state index contributed by atoms with van der Waals surface area (Å²) < 4.78 is 5.27. The van der Waals surface area contributed by atoms with Crippen molar-refractivity contribution in [3.05, 3.63) is 23.8 Å². The zero-order valence-corrected chi connectivity index (χ0v) is 9.71. The molecular formula is C10H15Cl2NO. The molecule has 0 saturated carbocycles. The molecule has 2 nitrogen and oxygen atoms in total. The Morgan fingerprint density at radius 1 is 1.29 bits per heavy atom. The van der Waals surface area contributed by atoms with Crippen LogP contribution in [0.5, 0.6) is 5.75 Å². The molecule has 1 aliphatic heterocycles. The van der Waals surface area contributed by atoms with Crippen LogP contribution in [-0.2, 0) is 6.42 Å². The highest BCUT2D eigenvalue weighted by Gasteiger charge is 2.11. The molecule has 1 N–H and O–H groups in total. The highest BCUT2D eigenvalue weighted by molar-refractivity contribution is 5.85. The summed E-state index contributed by atoms with van der Waals surface area (Å²) in [6.45, 7) is 1.08. The Morgan fingerprint density at radius 3 is 2.79 bits per heavy atom. The third-order valence-electron chi connectivity index (χ3n) is 2.27. The SMILES string of the molecule is COc1cccc2c1CCCN2.Cl.Cl. The van der Waals surface area contributed by atoms with Crippen LogP contribution in [0.1, 0.15) is 12.0 Å². The van der Waals surface area contributed by atoms with E-state index < -0.39 is 0 Å². The second kappa shape index (κ2) is 5.99. The number of fused-ring (bicyclic) bond motifs is 1. The molecule has 0 atom stereocenters. The highest BCUT2D eigenvalue weighted by Crippen LogP contribution is 2.29. The summed E-state index contributed by atoms with van der Waals surface area (Å²) in [5.74, 6) is 1.01. The fourth-order valence-corrected chi connectivity index (χ4v) is 1.67. The molecule has 0 bridgehead atoms. The fourth-order valence-electron chi connectivity index (χ4n) is 1.67. The number of methoxy groups -OCH3 is 1. The van der Waals surface area contributed by atoms with Crippen molar-refractivity contribution in [2.45, 2.75) is 12.8 Å². The van der Waals surface area contributed by atoms with Crippen LogP contribution >= 0.6 is 24.8 Å². The van der Waals surface area contributed by atoms with Crippen molar-refractivity contribution in [1.29, 1.82) is 0 Å². The van der Waals surface area contributed by atoms with Gasteiger partial charge in [-0.1, -0.05) is 6.07 Å². The fraction of sp³-hybridized carbons (Fsp3) is 0.400. The van der Waals surface area contributed by atoms with Crippen molar-refractivity contribution in [2.24, 2.45) is 0 Å². The van der Waals surface area contributed by atoms with Gasteiger partial charge in [0, 0.05) is 17.8 Å². The molecule has 80 valence electrons. The average molecular weight is 236 g/mol. The van der Waals surface area contributed by atoms with Gasteiger partial charge in [-0.15, -0.1) is 24.8 Å². The largest absolute Gasteiger partial charge is 0.496 e. The Bertz CT molecular complexity index is 277. The van der Waals surface area contributed by atoms with Gasteiger partial charge < -0.3 is 10.1 Å². The number of halogens is 2.